The average molecular weight is 297 g/mol. The summed E-state index contributed by atoms with van der Waals surface area (Å²) in [6.07, 6.45) is 1.54. The zero-order valence-electron chi connectivity index (χ0n) is 11.7. The summed E-state index contributed by atoms with van der Waals surface area (Å²) in [4.78, 5) is 8.18. The van der Waals surface area contributed by atoms with Crippen LogP contribution in [0.4, 0.5) is 10.3 Å². The number of halogens is 1. The number of nitrogens with two attached hydrogens (primary N) is 1. The Morgan fingerprint density at radius 3 is 2.68 bits per heavy atom. The summed E-state index contributed by atoms with van der Waals surface area (Å²) in [5.74, 6) is 0.137. The lowest BCUT2D eigenvalue weighted by Crippen LogP contribution is -2.00. The first-order chi connectivity index (χ1) is 10.7. The highest BCUT2D eigenvalue weighted by Gasteiger charge is 2.13. The summed E-state index contributed by atoms with van der Waals surface area (Å²) in [7, 11) is 1.51. The molecule has 0 unspecified atom stereocenters. The molecule has 0 radical (unpaired) electrons. The standard InChI is InChI=1S/C15H12FN5O/c1-22-13-6-5-12(20-21-13)11-8-18-15(17)19-14(11)9-3-2-4-10(16)7-9/h2-8H,1H3,(H2,17,18,19). The SMILES string of the molecule is COc1ccc(-c2cnc(N)nc2-c2cccc(F)c2)nn1. The maximum atomic E-state index is 13.5. The maximum absolute atomic E-state index is 13.5. The van der Waals surface area contributed by atoms with E-state index in [1.807, 2.05) is 0 Å². The van der Waals surface area contributed by atoms with Crippen LogP contribution in [0.15, 0.2) is 42.6 Å². The van der Waals surface area contributed by atoms with Crippen LogP contribution in [0.1, 0.15) is 0 Å². The Hall–Kier alpha value is -3.09. The van der Waals surface area contributed by atoms with Gasteiger partial charge >= 0.3 is 0 Å². The summed E-state index contributed by atoms with van der Waals surface area (Å²) in [5.41, 5.74) is 7.88. The number of methoxy groups -OCH3 is 1. The zero-order chi connectivity index (χ0) is 15.5. The second kappa shape index (κ2) is 5.72. The Bertz CT molecular complexity index is 807. The van der Waals surface area contributed by atoms with Gasteiger partial charge in [0.25, 0.3) is 0 Å². The second-order valence-electron chi connectivity index (χ2n) is 4.46. The van der Waals surface area contributed by atoms with E-state index in [1.54, 1.807) is 30.5 Å². The smallest absolute Gasteiger partial charge is 0.233 e. The van der Waals surface area contributed by atoms with Crippen molar-refractivity contribution in [2.24, 2.45) is 0 Å². The first-order valence-electron chi connectivity index (χ1n) is 6.44. The molecule has 3 aromatic rings. The fourth-order valence-corrected chi connectivity index (χ4v) is 2.01. The van der Waals surface area contributed by atoms with Crippen molar-refractivity contribution in [2.45, 2.75) is 0 Å². The number of anilines is 1. The van der Waals surface area contributed by atoms with Gasteiger partial charge in [-0.25, -0.2) is 14.4 Å². The van der Waals surface area contributed by atoms with E-state index in [0.717, 1.165) is 0 Å². The van der Waals surface area contributed by atoms with Crippen LogP contribution in [0, 0.1) is 5.82 Å². The molecule has 110 valence electrons. The molecule has 2 heterocycles. The van der Waals surface area contributed by atoms with Crippen LogP contribution in [0.25, 0.3) is 22.5 Å². The number of aromatic nitrogens is 4. The Balaban J connectivity index is 2.15. The molecule has 6 nitrogen and oxygen atoms in total. The zero-order valence-corrected chi connectivity index (χ0v) is 11.7. The second-order valence-corrected chi connectivity index (χ2v) is 4.46. The third kappa shape index (κ3) is 2.69. The van der Waals surface area contributed by atoms with Crippen LogP contribution < -0.4 is 10.5 Å². The van der Waals surface area contributed by atoms with Crippen molar-refractivity contribution in [1.82, 2.24) is 20.2 Å². The quantitative estimate of drug-likeness (QED) is 0.798. The number of benzene rings is 1. The van der Waals surface area contributed by atoms with Gasteiger partial charge in [-0.3, -0.25) is 0 Å². The predicted octanol–water partition coefficient (Wildman–Crippen LogP) is 2.33. The van der Waals surface area contributed by atoms with Gasteiger partial charge in [-0.2, -0.15) is 0 Å². The van der Waals surface area contributed by atoms with E-state index in [2.05, 4.69) is 20.2 Å². The highest BCUT2D eigenvalue weighted by atomic mass is 19.1. The monoisotopic (exact) mass is 297 g/mol. The summed E-state index contributed by atoms with van der Waals surface area (Å²) in [6.45, 7) is 0. The molecule has 1 aromatic carbocycles. The molecule has 0 spiro atoms. The van der Waals surface area contributed by atoms with Crippen molar-refractivity contribution >= 4 is 5.95 Å². The lowest BCUT2D eigenvalue weighted by molar-refractivity contribution is 0.392. The molecule has 2 aromatic heterocycles. The van der Waals surface area contributed by atoms with Gasteiger partial charge in [0.1, 0.15) is 5.82 Å². The van der Waals surface area contributed by atoms with Crippen LogP contribution in [0.3, 0.4) is 0 Å². The van der Waals surface area contributed by atoms with Crippen LogP contribution in [-0.4, -0.2) is 27.3 Å². The Morgan fingerprint density at radius 1 is 1.14 bits per heavy atom. The predicted molar refractivity (Wildman–Crippen MR) is 79.4 cm³/mol. The molecular weight excluding hydrogens is 285 g/mol. The van der Waals surface area contributed by atoms with E-state index in [-0.39, 0.29) is 11.8 Å². The summed E-state index contributed by atoms with van der Waals surface area (Å²) < 4.78 is 18.4. The third-order valence-corrected chi connectivity index (χ3v) is 3.03. The van der Waals surface area contributed by atoms with Crippen molar-refractivity contribution in [3.63, 3.8) is 0 Å². The summed E-state index contributed by atoms with van der Waals surface area (Å²) in [5, 5.41) is 7.98. The molecule has 0 aliphatic rings. The number of hydrogen-bond acceptors (Lipinski definition) is 6. The van der Waals surface area contributed by atoms with E-state index in [9.17, 15) is 4.39 Å². The molecule has 0 saturated carbocycles. The van der Waals surface area contributed by atoms with Gasteiger partial charge < -0.3 is 10.5 Å². The highest BCUT2D eigenvalue weighted by Crippen LogP contribution is 2.29. The Morgan fingerprint density at radius 2 is 2.00 bits per heavy atom. The Labute approximate surface area is 125 Å². The van der Waals surface area contributed by atoms with Gasteiger partial charge in [0.05, 0.1) is 18.5 Å². The minimum Gasteiger partial charge on any atom is -0.480 e. The molecule has 0 aliphatic carbocycles. The van der Waals surface area contributed by atoms with Crippen LogP contribution in [-0.2, 0) is 0 Å². The van der Waals surface area contributed by atoms with Crippen molar-refractivity contribution in [2.75, 3.05) is 12.8 Å². The number of rotatable bonds is 3. The topological polar surface area (TPSA) is 86.8 Å². The number of nitrogen functional groups attached to an aromatic ring is 1. The Kier molecular flexibility index (Phi) is 3.61. The number of nitrogens with zero attached hydrogens (tertiary/aromatic N) is 4. The fourth-order valence-electron chi connectivity index (χ4n) is 2.01. The minimum atomic E-state index is -0.360. The van der Waals surface area contributed by atoms with E-state index in [4.69, 9.17) is 10.5 Å². The third-order valence-electron chi connectivity index (χ3n) is 3.03. The van der Waals surface area contributed by atoms with Gasteiger partial charge in [-0.1, -0.05) is 12.1 Å². The highest BCUT2D eigenvalue weighted by molar-refractivity contribution is 5.78. The fraction of sp³-hybridized carbons (Fsp3) is 0.0667. The summed E-state index contributed by atoms with van der Waals surface area (Å²) in [6, 6.07) is 9.48. The molecule has 7 heteroatoms. The first-order valence-corrected chi connectivity index (χ1v) is 6.44. The average Bonchev–Trinajstić information content (AvgIpc) is 2.55. The molecule has 0 fully saturated rings. The van der Waals surface area contributed by atoms with Gasteiger partial charge in [-0.15, -0.1) is 10.2 Å². The number of hydrogen-bond donors (Lipinski definition) is 1. The van der Waals surface area contributed by atoms with Crippen molar-refractivity contribution < 1.29 is 9.13 Å². The number of ether oxygens (including phenoxy) is 1. The summed E-state index contributed by atoms with van der Waals surface area (Å²) >= 11 is 0. The van der Waals surface area contributed by atoms with Crippen LogP contribution >= 0.6 is 0 Å². The van der Waals surface area contributed by atoms with Crippen LogP contribution in [0.5, 0.6) is 5.88 Å². The van der Waals surface area contributed by atoms with Gasteiger partial charge in [-0.05, 0) is 18.2 Å². The first kappa shape index (κ1) is 13.9. The molecule has 2 N–H and O–H groups in total. The van der Waals surface area contributed by atoms with E-state index in [1.165, 1.54) is 19.2 Å². The molecule has 0 bridgehead atoms. The molecule has 0 saturated heterocycles. The lowest BCUT2D eigenvalue weighted by atomic mass is 10.0. The van der Waals surface area contributed by atoms with E-state index >= 15 is 0 Å². The van der Waals surface area contributed by atoms with Crippen molar-refractivity contribution in [1.29, 1.82) is 0 Å². The van der Waals surface area contributed by atoms with E-state index < -0.39 is 0 Å². The lowest BCUT2D eigenvalue weighted by Gasteiger charge is -2.09. The molecule has 22 heavy (non-hydrogen) atoms. The molecule has 0 aliphatic heterocycles. The molecule has 0 atom stereocenters. The van der Waals surface area contributed by atoms with Gasteiger partial charge in [0, 0.05) is 23.4 Å². The van der Waals surface area contributed by atoms with Crippen molar-refractivity contribution in [3.05, 3.63) is 48.4 Å². The minimum absolute atomic E-state index is 0.101. The normalized spacial score (nSPS) is 10.5. The molecule has 0 amide bonds. The molecule has 3 rings (SSSR count). The van der Waals surface area contributed by atoms with Crippen LogP contribution in [0.2, 0.25) is 0 Å². The maximum Gasteiger partial charge on any atom is 0.233 e. The van der Waals surface area contributed by atoms with Gasteiger partial charge in [0.15, 0.2) is 0 Å². The van der Waals surface area contributed by atoms with Crippen molar-refractivity contribution in [3.8, 4) is 28.4 Å². The largest absolute Gasteiger partial charge is 0.480 e. The van der Waals surface area contributed by atoms with Gasteiger partial charge in [0.2, 0.25) is 11.8 Å². The molecular formula is C15H12FN5O. The van der Waals surface area contributed by atoms with E-state index in [0.29, 0.717) is 28.4 Å².